The fraction of sp³-hybridized carbons (Fsp3) is 0.500. The van der Waals surface area contributed by atoms with Gasteiger partial charge in [0.05, 0.1) is 0 Å². The minimum atomic E-state index is 0.0549. The highest BCUT2D eigenvalue weighted by Gasteiger charge is 2.16. The number of nitrogens with one attached hydrogen (secondary N) is 1. The molecule has 0 aliphatic heterocycles. The topological polar surface area (TPSA) is 49.3 Å². The van der Waals surface area contributed by atoms with Crippen LogP contribution >= 0.6 is 0 Å². The molecule has 0 atom stereocenters. The van der Waals surface area contributed by atoms with Crippen LogP contribution in [0.2, 0.25) is 0 Å². The normalized spacial score (nSPS) is 10.5. The Labute approximate surface area is 103 Å². The van der Waals surface area contributed by atoms with Gasteiger partial charge in [0.25, 0.3) is 0 Å². The molecule has 1 aromatic rings. The summed E-state index contributed by atoms with van der Waals surface area (Å²) in [6.07, 6.45) is 3.85. The zero-order chi connectivity index (χ0) is 12.7. The molecule has 0 bridgehead atoms. The lowest BCUT2D eigenvalue weighted by Gasteiger charge is -2.15. The van der Waals surface area contributed by atoms with Gasteiger partial charge in [-0.05, 0) is 25.0 Å². The van der Waals surface area contributed by atoms with E-state index in [4.69, 9.17) is 0 Å². The molecule has 3 heteroatoms. The summed E-state index contributed by atoms with van der Waals surface area (Å²) in [5, 5.41) is 12.2. The van der Waals surface area contributed by atoms with Crippen molar-refractivity contribution in [2.75, 3.05) is 5.32 Å². The van der Waals surface area contributed by atoms with Crippen LogP contribution in [-0.2, 0) is 4.79 Å². The van der Waals surface area contributed by atoms with Gasteiger partial charge in [0, 0.05) is 17.7 Å². The fourth-order valence-corrected chi connectivity index (χ4v) is 1.93. The molecule has 0 aromatic heterocycles. The maximum atomic E-state index is 12.0. The van der Waals surface area contributed by atoms with Crippen LogP contribution in [0, 0.1) is 5.92 Å². The van der Waals surface area contributed by atoms with Crippen molar-refractivity contribution in [3.8, 4) is 5.75 Å². The summed E-state index contributed by atoms with van der Waals surface area (Å²) in [4.78, 5) is 12.0. The second kappa shape index (κ2) is 6.94. The summed E-state index contributed by atoms with van der Waals surface area (Å²) in [7, 11) is 0. The molecule has 0 spiro atoms. The standard InChI is InChI=1S/C14H21NO2/c1-3-6-11(7-4-2)14(17)15-12-8-5-9-13(16)10-12/h5,8-11,16H,3-4,6-7H2,1-2H3,(H,15,17). The van der Waals surface area contributed by atoms with Crippen molar-refractivity contribution in [2.24, 2.45) is 5.92 Å². The van der Waals surface area contributed by atoms with E-state index >= 15 is 0 Å². The lowest BCUT2D eigenvalue weighted by Crippen LogP contribution is -2.22. The van der Waals surface area contributed by atoms with Gasteiger partial charge < -0.3 is 10.4 Å². The second-order valence-corrected chi connectivity index (χ2v) is 4.31. The summed E-state index contributed by atoms with van der Waals surface area (Å²) < 4.78 is 0. The Kier molecular flexibility index (Phi) is 5.53. The number of carbonyl (C=O) groups excluding carboxylic acids is 1. The number of phenols is 1. The largest absolute Gasteiger partial charge is 0.508 e. The SMILES string of the molecule is CCCC(CCC)C(=O)Nc1cccc(O)c1. The molecule has 0 unspecified atom stereocenters. The molecule has 1 amide bonds. The number of hydrogen-bond acceptors (Lipinski definition) is 2. The van der Waals surface area contributed by atoms with Crippen molar-refractivity contribution in [2.45, 2.75) is 39.5 Å². The molecular formula is C14H21NO2. The molecule has 1 aromatic carbocycles. The summed E-state index contributed by atoms with van der Waals surface area (Å²) in [6.45, 7) is 4.18. The van der Waals surface area contributed by atoms with Gasteiger partial charge in [0.1, 0.15) is 5.75 Å². The monoisotopic (exact) mass is 235 g/mol. The second-order valence-electron chi connectivity index (χ2n) is 4.31. The third-order valence-electron chi connectivity index (χ3n) is 2.76. The molecule has 0 saturated heterocycles. The van der Waals surface area contributed by atoms with Crippen LogP contribution in [0.25, 0.3) is 0 Å². The number of carbonyl (C=O) groups is 1. The summed E-state index contributed by atoms with van der Waals surface area (Å²) in [6, 6.07) is 6.66. The molecule has 0 fully saturated rings. The molecular weight excluding hydrogens is 214 g/mol. The third-order valence-corrected chi connectivity index (χ3v) is 2.76. The van der Waals surface area contributed by atoms with E-state index in [0.29, 0.717) is 5.69 Å². The highest BCUT2D eigenvalue weighted by atomic mass is 16.3. The van der Waals surface area contributed by atoms with E-state index in [1.165, 1.54) is 0 Å². The van der Waals surface area contributed by atoms with Gasteiger partial charge in [-0.1, -0.05) is 32.8 Å². The number of hydrogen-bond donors (Lipinski definition) is 2. The van der Waals surface area contributed by atoms with Gasteiger partial charge in [-0.25, -0.2) is 0 Å². The van der Waals surface area contributed by atoms with Crippen molar-refractivity contribution >= 4 is 11.6 Å². The van der Waals surface area contributed by atoms with Gasteiger partial charge in [0.2, 0.25) is 5.91 Å². The first kappa shape index (κ1) is 13.6. The maximum absolute atomic E-state index is 12.0. The van der Waals surface area contributed by atoms with Gasteiger partial charge in [0.15, 0.2) is 0 Å². The van der Waals surface area contributed by atoms with Crippen LogP contribution in [0.15, 0.2) is 24.3 Å². The summed E-state index contributed by atoms with van der Waals surface area (Å²) in [5.74, 6) is 0.303. The Morgan fingerprint density at radius 1 is 1.29 bits per heavy atom. The molecule has 0 aliphatic carbocycles. The van der Waals surface area contributed by atoms with E-state index in [2.05, 4.69) is 19.2 Å². The van der Waals surface area contributed by atoms with E-state index < -0.39 is 0 Å². The minimum absolute atomic E-state index is 0.0549. The number of anilines is 1. The molecule has 0 aliphatic rings. The molecule has 0 saturated carbocycles. The number of benzene rings is 1. The quantitative estimate of drug-likeness (QED) is 0.792. The Morgan fingerprint density at radius 2 is 1.94 bits per heavy atom. The minimum Gasteiger partial charge on any atom is -0.508 e. The van der Waals surface area contributed by atoms with Gasteiger partial charge in [-0.2, -0.15) is 0 Å². The predicted octanol–water partition coefficient (Wildman–Crippen LogP) is 3.55. The average molecular weight is 235 g/mol. The zero-order valence-electron chi connectivity index (χ0n) is 10.6. The molecule has 0 heterocycles. The van der Waals surface area contributed by atoms with Crippen molar-refractivity contribution in [1.29, 1.82) is 0 Å². The zero-order valence-corrected chi connectivity index (χ0v) is 10.6. The van der Waals surface area contributed by atoms with E-state index in [1.54, 1.807) is 24.3 Å². The third kappa shape index (κ3) is 4.47. The lowest BCUT2D eigenvalue weighted by atomic mass is 9.97. The van der Waals surface area contributed by atoms with Crippen LogP contribution in [0.3, 0.4) is 0 Å². The number of phenolic OH excluding ortho intramolecular Hbond substituents is 1. The van der Waals surface area contributed by atoms with E-state index in [-0.39, 0.29) is 17.6 Å². The van der Waals surface area contributed by atoms with E-state index in [0.717, 1.165) is 25.7 Å². The molecule has 2 N–H and O–H groups in total. The number of rotatable bonds is 6. The van der Waals surface area contributed by atoms with E-state index in [1.807, 2.05) is 0 Å². The van der Waals surface area contributed by atoms with Crippen molar-refractivity contribution in [3.05, 3.63) is 24.3 Å². The Balaban J connectivity index is 2.62. The van der Waals surface area contributed by atoms with Crippen LogP contribution in [-0.4, -0.2) is 11.0 Å². The van der Waals surface area contributed by atoms with Crippen LogP contribution in [0.4, 0.5) is 5.69 Å². The van der Waals surface area contributed by atoms with Gasteiger partial charge >= 0.3 is 0 Å². The van der Waals surface area contributed by atoms with Crippen LogP contribution in [0.1, 0.15) is 39.5 Å². The van der Waals surface area contributed by atoms with Crippen LogP contribution < -0.4 is 5.32 Å². The number of amides is 1. The first-order chi connectivity index (χ1) is 8.17. The van der Waals surface area contributed by atoms with Gasteiger partial charge in [-0.3, -0.25) is 4.79 Å². The van der Waals surface area contributed by atoms with Crippen molar-refractivity contribution in [3.63, 3.8) is 0 Å². The highest BCUT2D eigenvalue weighted by molar-refractivity contribution is 5.92. The van der Waals surface area contributed by atoms with Crippen molar-refractivity contribution < 1.29 is 9.90 Å². The van der Waals surface area contributed by atoms with Crippen LogP contribution in [0.5, 0.6) is 5.75 Å². The average Bonchev–Trinajstić information content (AvgIpc) is 2.28. The summed E-state index contributed by atoms with van der Waals surface area (Å²) in [5.41, 5.74) is 0.659. The Morgan fingerprint density at radius 3 is 2.47 bits per heavy atom. The first-order valence-electron chi connectivity index (χ1n) is 6.27. The van der Waals surface area contributed by atoms with Crippen molar-refractivity contribution in [1.82, 2.24) is 0 Å². The van der Waals surface area contributed by atoms with Gasteiger partial charge in [-0.15, -0.1) is 0 Å². The predicted molar refractivity (Wildman–Crippen MR) is 70.0 cm³/mol. The lowest BCUT2D eigenvalue weighted by molar-refractivity contribution is -0.120. The first-order valence-corrected chi connectivity index (χ1v) is 6.27. The Hall–Kier alpha value is -1.51. The summed E-state index contributed by atoms with van der Waals surface area (Å²) >= 11 is 0. The fourth-order valence-electron chi connectivity index (χ4n) is 1.93. The smallest absolute Gasteiger partial charge is 0.227 e. The Bertz CT molecular complexity index is 357. The maximum Gasteiger partial charge on any atom is 0.227 e. The molecule has 1 rings (SSSR count). The highest BCUT2D eigenvalue weighted by Crippen LogP contribution is 2.19. The molecule has 94 valence electrons. The molecule has 0 radical (unpaired) electrons. The van der Waals surface area contributed by atoms with E-state index in [9.17, 15) is 9.90 Å². The molecule has 3 nitrogen and oxygen atoms in total. The number of aromatic hydroxyl groups is 1. The molecule has 17 heavy (non-hydrogen) atoms.